The predicted molar refractivity (Wildman–Crippen MR) is 84.7 cm³/mol. The van der Waals surface area contributed by atoms with E-state index in [-0.39, 0.29) is 0 Å². The molecule has 0 amide bonds. The molecule has 1 saturated carbocycles. The van der Waals surface area contributed by atoms with Gasteiger partial charge in [-0.1, -0.05) is 76.1 Å². The molecule has 0 atom stereocenters. The van der Waals surface area contributed by atoms with Crippen LogP contribution in [0.3, 0.4) is 0 Å². The molecule has 1 aromatic carbocycles. The number of hydrogen-bond donors (Lipinski definition) is 0. The van der Waals surface area contributed by atoms with Gasteiger partial charge < -0.3 is 0 Å². The lowest BCUT2D eigenvalue weighted by molar-refractivity contribution is 0.443. The molecule has 0 bridgehead atoms. The van der Waals surface area contributed by atoms with Crippen molar-refractivity contribution in [1.82, 2.24) is 0 Å². The second-order valence-electron chi connectivity index (χ2n) is 6.24. The van der Waals surface area contributed by atoms with Crippen molar-refractivity contribution < 1.29 is 0 Å². The minimum Gasteiger partial charge on any atom is -0.0654 e. The first-order valence-electron chi connectivity index (χ1n) is 8.49. The van der Waals surface area contributed by atoms with E-state index in [0.29, 0.717) is 0 Å². The van der Waals surface area contributed by atoms with E-state index in [1.165, 1.54) is 76.2 Å². The highest BCUT2D eigenvalue weighted by Crippen LogP contribution is 2.32. The Labute approximate surface area is 119 Å². The first-order chi connectivity index (χ1) is 9.40. The van der Waals surface area contributed by atoms with Crippen LogP contribution in [-0.4, -0.2) is 0 Å². The number of benzene rings is 1. The van der Waals surface area contributed by atoms with Gasteiger partial charge in [0, 0.05) is 0 Å². The van der Waals surface area contributed by atoms with Gasteiger partial charge in [-0.05, 0) is 42.7 Å². The summed E-state index contributed by atoms with van der Waals surface area (Å²) in [7, 11) is 0. The quantitative estimate of drug-likeness (QED) is 0.507. The van der Waals surface area contributed by atoms with Gasteiger partial charge in [-0.25, -0.2) is 0 Å². The van der Waals surface area contributed by atoms with Crippen LogP contribution in [0, 0.1) is 0 Å². The molecule has 0 unspecified atom stereocenters. The van der Waals surface area contributed by atoms with Gasteiger partial charge in [0.1, 0.15) is 0 Å². The van der Waals surface area contributed by atoms with E-state index in [1.807, 2.05) is 0 Å². The summed E-state index contributed by atoms with van der Waals surface area (Å²) in [6.07, 6.45) is 15.3. The van der Waals surface area contributed by atoms with Crippen LogP contribution in [0.25, 0.3) is 0 Å². The Morgan fingerprint density at radius 3 is 2.21 bits per heavy atom. The van der Waals surface area contributed by atoms with Crippen LogP contribution in [0.2, 0.25) is 0 Å². The zero-order chi connectivity index (χ0) is 13.3. The third-order valence-corrected chi connectivity index (χ3v) is 4.63. The Morgan fingerprint density at radius 1 is 0.842 bits per heavy atom. The van der Waals surface area contributed by atoms with Crippen molar-refractivity contribution in [2.45, 2.75) is 83.5 Å². The normalized spacial score (nSPS) is 16.7. The summed E-state index contributed by atoms with van der Waals surface area (Å²) >= 11 is 0. The Balaban J connectivity index is 1.74. The van der Waals surface area contributed by atoms with E-state index >= 15 is 0 Å². The van der Waals surface area contributed by atoms with Crippen LogP contribution in [0.5, 0.6) is 0 Å². The second kappa shape index (κ2) is 8.40. The van der Waals surface area contributed by atoms with Gasteiger partial charge in [0.05, 0.1) is 0 Å². The topological polar surface area (TPSA) is 0 Å². The van der Waals surface area contributed by atoms with Crippen molar-refractivity contribution in [3.8, 4) is 0 Å². The molecule has 0 aliphatic heterocycles. The van der Waals surface area contributed by atoms with Gasteiger partial charge in [-0.15, -0.1) is 0 Å². The third-order valence-electron chi connectivity index (χ3n) is 4.63. The number of unbranched alkanes of at least 4 members (excludes halogenated alkanes) is 4. The molecule has 0 heterocycles. The summed E-state index contributed by atoms with van der Waals surface area (Å²) in [5.41, 5.74) is 3.13. The van der Waals surface area contributed by atoms with Crippen LogP contribution in [0.1, 0.15) is 88.2 Å². The second-order valence-corrected chi connectivity index (χ2v) is 6.24. The molecule has 1 aliphatic carbocycles. The van der Waals surface area contributed by atoms with Crippen molar-refractivity contribution in [3.63, 3.8) is 0 Å². The first-order valence-corrected chi connectivity index (χ1v) is 8.49. The predicted octanol–water partition coefficient (Wildman–Crippen LogP) is 6.25. The van der Waals surface area contributed by atoms with E-state index in [1.54, 1.807) is 5.56 Å². The molecule has 106 valence electrons. The molecule has 0 radical (unpaired) electrons. The van der Waals surface area contributed by atoms with Crippen molar-refractivity contribution in [1.29, 1.82) is 0 Å². The molecule has 1 aromatic rings. The summed E-state index contributed by atoms with van der Waals surface area (Å²) in [5.74, 6) is 0.854. The fourth-order valence-electron chi connectivity index (χ4n) is 3.33. The van der Waals surface area contributed by atoms with Crippen molar-refractivity contribution in [3.05, 3.63) is 35.4 Å². The average Bonchev–Trinajstić information content (AvgIpc) is 2.49. The average molecular weight is 258 g/mol. The number of rotatable bonds is 7. The molecule has 19 heavy (non-hydrogen) atoms. The van der Waals surface area contributed by atoms with Crippen LogP contribution >= 0.6 is 0 Å². The van der Waals surface area contributed by atoms with Crippen LogP contribution in [0.4, 0.5) is 0 Å². The minimum absolute atomic E-state index is 0.854. The summed E-state index contributed by atoms with van der Waals surface area (Å²) in [6.45, 7) is 2.28. The molecule has 0 heteroatoms. The van der Waals surface area contributed by atoms with E-state index in [4.69, 9.17) is 0 Å². The largest absolute Gasteiger partial charge is 0.0654 e. The highest BCUT2D eigenvalue weighted by Gasteiger charge is 2.14. The molecule has 0 aromatic heterocycles. The zero-order valence-corrected chi connectivity index (χ0v) is 12.7. The fraction of sp³-hybridized carbons (Fsp3) is 0.684. The van der Waals surface area contributed by atoms with Crippen molar-refractivity contribution >= 4 is 0 Å². The van der Waals surface area contributed by atoms with Gasteiger partial charge in [0.2, 0.25) is 0 Å². The van der Waals surface area contributed by atoms with Crippen molar-refractivity contribution in [2.24, 2.45) is 0 Å². The van der Waals surface area contributed by atoms with Gasteiger partial charge in [0.15, 0.2) is 0 Å². The Kier molecular flexibility index (Phi) is 6.47. The summed E-state index contributed by atoms with van der Waals surface area (Å²) in [6, 6.07) is 9.56. The van der Waals surface area contributed by atoms with E-state index in [9.17, 15) is 0 Å². The smallest absolute Gasteiger partial charge is 0.0162 e. The lowest BCUT2D eigenvalue weighted by Gasteiger charge is -2.22. The summed E-state index contributed by atoms with van der Waals surface area (Å²) in [5, 5.41) is 0. The minimum atomic E-state index is 0.854. The molecule has 0 nitrogen and oxygen atoms in total. The Morgan fingerprint density at radius 2 is 1.53 bits per heavy atom. The number of aryl methyl sites for hydroxylation is 1. The van der Waals surface area contributed by atoms with E-state index in [0.717, 1.165) is 5.92 Å². The summed E-state index contributed by atoms with van der Waals surface area (Å²) in [4.78, 5) is 0. The molecule has 1 fully saturated rings. The maximum absolute atomic E-state index is 2.40. The SMILES string of the molecule is CCCCCCCc1ccc(C2CCCCC2)cc1. The van der Waals surface area contributed by atoms with E-state index in [2.05, 4.69) is 31.2 Å². The van der Waals surface area contributed by atoms with Crippen molar-refractivity contribution in [2.75, 3.05) is 0 Å². The Bertz CT molecular complexity index is 330. The Hall–Kier alpha value is -0.780. The van der Waals surface area contributed by atoms with Crippen LogP contribution < -0.4 is 0 Å². The third kappa shape index (κ3) is 5.01. The lowest BCUT2D eigenvalue weighted by Crippen LogP contribution is -2.04. The van der Waals surface area contributed by atoms with Crippen LogP contribution in [-0.2, 0) is 6.42 Å². The molecular formula is C19H30. The van der Waals surface area contributed by atoms with Crippen LogP contribution in [0.15, 0.2) is 24.3 Å². The first kappa shape index (κ1) is 14.6. The maximum Gasteiger partial charge on any atom is -0.0162 e. The fourth-order valence-corrected chi connectivity index (χ4v) is 3.33. The number of hydrogen-bond acceptors (Lipinski definition) is 0. The van der Waals surface area contributed by atoms with E-state index < -0.39 is 0 Å². The molecule has 1 aliphatic rings. The maximum atomic E-state index is 2.40. The van der Waals surface area contributed by atoms with Gasteiger partial charge >= 0.3 is 0 Å². The monoisotopic (exact) mass is 258 g/mol. The molecule has 2 rings (SSSR count). The lowest BCUT2D eigenvalue weighted by atomic mass is 9.84. The summed E-state index contributed by atoms with van der Waals surface area (Å²) < 4.78 is 0. The highest BCUT2D eigenvalue weighted by atomic mass is 14.2. The molecule has 0 saturated heterocycles. The standard InChI is InChI=1S/C19H30/c1-2-3-4-5-7-10-17-13-15-19(16-14-17)18-11-8-6-9-12-18/h13-16,18H,2-12H2,1H3. The van der Waals surface area contributed by atoms with Gasteiger partial charge in [-0.3, -0.25) is 0 Å². The zero-order valence-electron chi connectivity index (χ0n) is 12.7. The highest BCUT2D eigenvalue weighted by molar-refractivity contribution is 5.25. The van der Waals surface area contributed by atoms with Gasteiger partial charge in [0.25, 0.3) is 0 Å². The van der Waals surface area contributed by atoms with Gasteiger partial charge in [-0.2, -0.15) is 0 Å². The molecular weight excluding hydrogens is 228 g/mol. The molecule has 0 N–H and O–H groups in total. The molecule has 0 spiro atoms.